The Labute approximate surface area is 87.7 Å². The second kappa shape index (κ2) is 3.60. The van der Waals surface area contributed by atoms with Gasteiger partial charge < -0.3 is 5.11 Å². The molecule has 1 unspecified atom stereocenters. The lowest BCUT2D eigenvalue weighted by molar-refractivity contribution is 0.0791. The highest BCUT2D eigenvalue weighted by atomic mass is 35.5. The zero-order valence-corrected chi connectivity index (χ0v) is 9.08. The molecule has 76 valence electrons. The fraction of sp³-hybridized carbons (Fsp3) is 0.556. The summed E-state index contributed by atoms with van der Waals surface area (Å²) >= 11 is 5.85. The highest BCUT2D eigenvalue weighted by Gasteiger charge is 2.32. The largest absolute Gasteiger partial charge is 0.385 e. The number of aliphatic hydroxyl groups excluding tert-OH is 1. The number of aryl methyl sites for hydroxylation is 1. The van der Waals surface area contributed by atoms with Gasteiger partial charge in [0.25, 0.3) is 0 Å². The second-order valence-electron chi connectivity index (χ2n) is 3.74. The summed E-state index contributed by atoms with van der Waals surface area (Å²) < 4.78 is 1.48. The molecular weight excluding hydrogens is 202 g/mol. The average molecular weight is 214 g/mol. The van der Waals surface area contributed by atoms with Gasteiger partial charge in [0.05, 0.1) is 28.4 Å². The molecule has 0 aromatic carbocycles. The Morgan fingerprint density at radius 2 is 2.29 bits per heavy atom. The van der Waals surface area contributed by atoms with Gasteiger partial charge in [-0.1, -0.05) is 11.6 Å². The highest BCUT2D eigenvalue weighted by molar-refractivity contribution is 6.31. The summed E-state index contributed by atoms with van der Waals surface area (Å²) in [5, 5.41) is 23.1. The maximum absolute atomic E-state index is 9.93. The lowest BCUT2D eigenvalue weighted by Crippen LogP contribution is -2.22. The van der Waals surface area contributed by atoms with Crippen molar-refractivity contribution in [2.75, 3.05) is 0 Å². The highest BCUT2D eigenvalue weighted by Crippen LogP contribution is 2.35. The van der Waals surface area contributed by atoms with E-state index in [0.29, 0.717) is 10.7 Å². The van der Waals surface area contributed by atoms with Crippen molar-refractivity contribution in [3.63, 3.8) is 0 Å². The van der Waals surface area contributed by atoms with Crippen molar-refractivity contribution >= 4 is 11.6 Å². The average Bonchev–Trinajstić information content (AvgIpc) is 2.45. The quantitative estimate of drug-likeness (QED) is 0.813. The molecule has 0 aliphatic rings. The third kappa shape index (κ3) is 1.74. The van der Waals surface area contributed by atoms with Crippen LogP contribution in [0.4, 0.5) is 0 Å². The standard InChI is InChI=1S/C9H12ClN3O/c1-9(2,5-11)8(14)7-6(10)4-12-13(7)3/h4,8,14H,1-3H3. The van der Waals surface area contributed by atoms with E-state index in [4.69, 9.17) is 16.9 Å². The summed E-state index contributed by atoms with van der Waals surface area (Å²) in [6.45, 7) is 3.31. The Morgan fingerprint density at radius 1 is 1.71 bits per heavy atom. The Bertz CT molecular complexity index is 358. The van der Waals surface area contributed by atoms with Gasteiger partial charge in [0.1, 0.15) is 6.10 Å². The Kier molecular flexibility index (Phi) is 2.84. The molecule has 0 fully saturated rings. The lowest BCUT2D eigenvalue weighted by Gasteiger charge is -2.23. The van der Waals surface area contributed by atoms with Crippen molar-refractivity contribution in [2.45, 2.75) is 20.0 Å². The SMILES string of the molecule is Cn1ncc(Cl)c1C(O)C(C)(C)C#N. The fourth-order valence-corrected chi connectivity index (χ4v) is 1.40. The van der Waals surface area contributed by atoms with Gasteiger partial charge in [0, 0.05) is 7.05 Å². The normalized spacial score (nSPS) is 13.7. The van der Waals surface area contributed by atoms with Crippen LogP contribution in [0.25, 0.3) is 0 Å². The van der Waals surface area contributed by atoms with Crippen LogP contribution in [0, 0.1) is 16.7 Å². The van der Waals surface area contributed by atoms with Crippen LogP contribution in [0.5, 0.6) is 0 Å². The van der Waals surface area contributed by atoms with Gasteiger partial charge in [-0.2, -0.15) is 10.4 Å². The van der Waals surface area contributed by atoms with E-state index < -0.39 is 11.5 Å². The summed E-state index contributed by atoms with van der Waals surface area (Å²) in [4.78, 5) is 0. The minimum atomic E-state index is -0.938. The topological polar surface area (TPSA) is 61.8 Å². The first kappa shape index (κ1) is 11.0. The molecule has 1 atom stereocenters. The van der Waals surface area contributed by atoms with Gasteiger partial charge in [-0.05, 0) is 13.8 Å². The third-order valence-electron chi connectivity index (χ3n) is 2.17. The van der Waals surface area contributed by atoms with Crippen LogP contribution in [0.3, 0.4) is 0 Å². The van der Waals surface area contributed by atoms with Crippen LogP contribution < -0.4 is 0 Å². The molecule has 0 saturated carbocycles. The van der Waals surface area contributed by atoms with E-state index in [9.17, 15) is 5.11 Å². The molecule has 5 heteroatoms. The zero-order valence-electron chi connectivity index (χ0n) is 8.32. The molecular formula is C9H12ClN3O. The fourth-order valence-electron chi connectivity index (χ4n) is 1.13. The lowest BCUT2D eigenvalue weighted by atomic mass is 9.86. The molecule has 0 saturated heterocycles. The number of hydrogen-bond donors (Lipinski definition) is 1. The Hall–Kier alpha value is -1.05. The number of halogens is 1. The van der Waals surface area contributed by atoms with Crippen molar-refractivity contribution in [2.24, 2.45) is 12.5 Å². The van der Waals surface area contributed by atoms with E-state index in [0.717, 1.165) is 0 Å². The zero-order chi connectivity index (χ0) is 10.9. The van der Waals surface area contributed by atoms with E-state index >= 15 is 0 Å². The number of rotatable bonds is 2. The minimum absolute atomic E-state index is 0.378. The molecule has 1 aromatic heterocycles. The minimum Gasteiger partial charge on any atom is -0.385 e. The van der Waals surface area contributed by atoms with Crippen molar-refractivity contribution in [1.29, 1.82) is 5.26 Å². The first-order valence-corrected chi connectivity index (χ1v) is 4.54. The monoisotopic (exact) mass is 213 g/mol. The molecule has 0 aliphatic heterocycles. The smallest absolute Gasteiger partial charge is 0.115 e. The number of aliphatic hydroxyl groups is 1. The Morgan fingerprint density at radius 3 is 2.64 bits per heavy atom. The summed E-state index contributed by atoms with van der Waals surface area (Å²) in [7, 11) is 1.68. The number of hydrogen-bond acceptors (Lipinski definition) is 3. The number of nitriles is 1. The van der Waals surface area contributed by atoms with Gasteiger partial charge in [0.2, 0.25) is 0 Å². The van der Waals surface area contributed by atoms with E-state index in [1.54, 1.807) is 20.9 Å². The van der Waals surface area contributed by atoms with Gasteiger partial charge in [-0.25, -0.2) is 0 Å². The van der Waals surface area contributed by atoms with Crippen LogP contribution in [-0.2, 0) is 7.05 Å². The van der Waals surface area contributed by atoms with E-state index in [-0.39, 0.29) is 0 Å². The van der Waals surface area contributed by atoms with Crippen LogP contribution in [0.15, 0.2) is 6.20 Å². The first-order valence-electron chi connectivity index (χ1n) is 4.17. The molecule has 14 heavy (non-hydrogen) atoms. The van der Waals surface area contributed by atoms with E-state index in [1.165, 1.54) is 10.9 Å². The van der Waals surface area contributed by atoms with Gasteiger partial charge in [-0.3, -0.25) is 4.68 Å². The first-order chi connectivity index (χ1) is 6.40. The van der Waals surface area contributed by atoms with Crippen molar-refractivity contribution < 1.29 is 5.11 Å². The van der Waals surface area contributed by atoms with Crippen LogP contribution >= 0.6 is 11.6 Å². The molecule has 0 bridgehead atoms. The van der Waals surface area contributed by atoms with Crippen molar-refractivity contribution in [3.8, 4) is 6.07 Å². The maximum Gasteiger partial charge on any atom is 0.115 e. The van der Waals surface area contributed by atoms with Gasteiger partial charge >= 0.3 is 0 Å². The molecule has 0 amide bonds. The third-order valence-corrected chi connectivity index (χ3v) is 2.46. The second-order valence-corrected chi connectivity index (χ2v) is 4.14. The molecule has 1 rings (SSSR count). The molecule has 1 aromatic rings. The summed E-state index contributed by atoms with van der Waals surface area (Å²) in [6, 6.07) is 2.03. The summed E-state index contributed by atoms with van der Waals surface area (Å²) in [6.07, 6.45) is 0.514. The molecule has 0 aliphatic carbocycles. The molecule has 0 radical (unpaired) electrons. The molecule has 4 nitrogen and oxygen atoms in total. The van der Waals surface area contributed by atoms with Gasteiger partial charge in [0.15, 0.2) is 0 Å². The molecule has 1 N–H and O–H groups in total. The summed E-state index contributed by atoms with van der Waals surface area (Å²) in [5.41, 5.74) is -0.407. The van der Waals surface area contributed by atoms with Crippen LogP contribution in [0.1, 0.15) is 25.6 Å². The van der Waals surface area contributed by atoms with E-state index in [1.807, 2.05) is 6.07 Å². The van der Waals surface area contributed by atoms with E-state index in [2.05, 4.69) is 5.10 Å². The van der Waals surface area contributed by atoms with Crippen LogP contribution in [-0.4, -0.2) is 14.9 Å². The van der Waals surface area contributed by atoms with Crippen molar-refractivity contribution in [1.82, 2.24) is 9.78 Å². The van der Waals surface area contributed by atoms with Crippen LogP contribution in [0.2, 0.25) is 5.02 Å². The number of aromatic nitrogens is 2. The predicted molar refractivity (Wildman–Crippen MR) is 52.6 cm³/mol. The Balaban J connectivity index is 3.14. The molecule has 0 spiro atoms. The van der Waals surface area contributed by atoms with Crippen molar-refractivity contribution in [3.05, 3.63) is 16.9 Å². The molecule has 1 heterocycles. The van der Waals surface area contributed by atoms with Gasteiger partial charge in [-0.15, -0.1) is 0 Å². The predicted octanol–water partition coefficient (Wildman–Crippen LogP) is 1.66. The number of nitrogens with zero attached hydrogens (tertiary/aromatic N) is 3. The maximum atomic E-state index is 9.93. The summed E-state index contributed by atoms with van der Waals surface area (Å²) in [5.74, 6) is 0.